The summed E-state index contributed by atoms with van der Waals surface area (Å²) in [6.45, 7) is 4.62. The standard InChI is InChI=1S/C9H20O4/c1-7(2)13-8(3)9(4-10,5-11)6-12/h7-8,10-12H,4-6H2,1-3H3. The van der Waals surface area contributed by atoms with Crippen molar-refractivity contribution in [1.29, 1.82) is 0 Å². The van der Waals surface area contributed by atoms with Gasteiger partial charge in [-0.2, -0.15) is 0 Å². The van der Waals surface area contributed by atoms with E-state index in [4.69, 9.17) is 20.1 Å². The van der Waals surface area contributed by atoms with Gasteiger partial charge in [0.1, 0.15) is 0 Å². The average Bonchev–Trinajstić information content (AvgIpc) is 2.07. The molecular formula is C9H20O4. The van der Waals surface area contributed by atoms with Crippen LogP contribution in [0.2, 0.25) is 0 Å². The summed E-state index contributed by atoms with van der Waals surface area (Å²) in [6, 6.07) is 0. The maximum absolute atomic E-state index is 9.06. The molecule has 3 N–H and O–H groups in total. The summed E-state index contributed by atoms with van der Waals surface area (Å²) in [6.07, 6.45) is -0.355. The Labute approximate surface area is 79.2 Å². The van der Waals surface area contributed by atoms with Crippen LogP contribution in [0.1, 0.15) is 20.8 Å². The molecule has 0 saturated carbocycles. The molecule has 0 fully saturated rings. The lowest BCUT2D eigenvalue weighted by atomic mass is 9.85. The molecule has 0 saturated heterocycles. The van der Waals surface area contributed by atoms with Crippen molar-refractivity contribution in [2.24, 2.45) is 5.41 Å². The molecule has 80 valence electrons. The highest BCUT2D eigenvalue weighted by Gasteiger charge is 2.35. The lowest BCUT2D eigenvalue weighted by molar-refractivity contribution is -0.121. The summed E-state index contributed by atoms with van der Waals surface area (Å²) in [5, 5.41) is 27.2. The van der Waals surface area contributed by atoms with Crippen molar-refractivity contribution >= 4 is 0 Å². The van der Waals surface area contributed by atoms with E-state index in [1.807, 2.05) is 13.8 Å². The third-order valence-electron chi connectivity index (χ3n) is 2.28. The van der Waals surface area contributed by atoms with Gasteiger partial charge in [0.25, 0.3) is 0 Å². The Kier molecular flexibility index (Phi) is 5.48. The third-order valence-corrected chi connectivity index (χ3v) is 2.28. The Hall–Kier alpha value is -0.160. The van der Waals surface area contributed by atoms with Crippen molar-refractivity contribution in [3.63, 3.8) is 0 Å². The number of rotatable bonds is 6. The molecule has 0 amide bonds. The van der Waals surface area contributed by atoms with E-state index in [1.165, 1.54) is 0 Å². The van der Waals surface area contributed by atoms with Gasteiger partial charge in [0.05, 0.1) is 37.4 Å². The largest absolute Gasteiger partial charge is 0.396 e. The minimum atomic E-state index is -0.940. The van der Waals surface area contributed by atoms with Gasteiger partial charge in [0.15, 0.2) is 0 Å². The van der Waals surface area contributed by atoms with Crippen LogP contribution in [-0.4, -0.2) is 47.3 Å². The van der Waals surface area contributed by atoms with Gasteiger partial charge < -0.3 is 20.1 Å². The van der Waals surface area contributed by atoms with Crippen LogP contribution < -0.4 is 0 Å². The Balaban J connectivity index is 4.34. The quantitative estimate of drug-likeness (QED) is 0.543. The maximum Gasteiger partial charge on any atom is 0.0672 e. The van der Waals surface area contributed by atoms with E-state index in [1.54, 1.807) is 6.92 Å². The second kappa shape index (κ2) is 5.54. The number of aliphatic hydroxyl groups excluding tert-OH is 3. The van der Waals surface area contributed by atoms with Gasteiger partial charge in [-0.15, -0.1) is 0 Å². The van der Waals surface area contributed by atoms with Crippen molar-refractivity contribution < 1.29 is 20.1 Å². The zero-order valence-corrected chi connectivity index (χ0v) is 8.53. The molecule has 0 heterocycles. The SMILES string of the molecule is CC(C)OC(C)C(CO)(CO)CO. The summed E-state index contributed by atoms with van der Waals surface area (Å²) in [4.78, 5) is 0. The van der Waals surface area contributed by atoms with Crippen LogP contribution in [-0.2, 0) is 4.74 Å². The Morgan fingerprint density at radius 3 is 1.62 bits per heavy atom. The van der Waals surface area contributed by atoms with Gasteiger partial charge >= 0.3 is 0 Å². The molecule has 0 aliphatic carbocycles. The fraction of sp³-hybridized carbons (Fsp3) is 1.00. The van der Waals surface area contributed by atoms with Crippen molar-refractivity contribution in [1.82, 2.24) is 0 Å². The fourth-order valence-electron chi connectivity index (χ4n) is 1.09. The molecule has 0 radical (unpaired) electrons. The molecule has 0 aromatic heterocycles. The van der Waals surface area contributed by atoms with Crippen LogP contribution in [0, 0.1) is 5.41 Å². The fourth-order valence-corrected chi connectivity index (χ4v) is 1.09. The van der Waals surface area contributed by atoms with E-state index >= 15 is 0 Å². The van der Waals surface area contributed by atoms with Crippen molar-refractivity contribution in [2.75, 3.05) is 19.8 Å². The van der Waals surface area contributed by atoms with Crippen LogP contribution in [0.15, 0.2) is 0 Å². The first-order valence-electron chi connectivity index (χ1n) is 4.50. The van der Waals surface area contributed by atoms with E-state index in [0.717, 1.165) is 0 Å². The molecule has 0 aromatic carbocycles. The van der Waals surface area contributed by atoms with Crippen molar-refractivity contribution in [2.45, 2.75) is 33.0 Å². The Morgan fingerprint density at radius 1 is 1.00 bits per heavy atom. The number of ether oxygens (including phenoxy) is 1. The van der Waals surface area contributed by atoms with Gasteiger partial charge in [-0.05, 0) is 20.8 Å². The van der Waals surface area contributed by atoms with E-state index in [2.05, 4.69) is 0 Å². The normalized spacial score (nSPS) is 15.0. The Bertz CT molecular complexity index is 123. The average molecular weight is 192 g/mol. The predicted molar refractivity (Wildman–Crippen MR) is 49.4 cm³/mol. The van der Waals surface area contributed by atoms with E-state index in [-0.39, 0.29) is 32.0 Å². The number of aliphatic hydroxyl groups is 3. The molecule has 1 unspecified atom stereocenters. The molecule has 4 nitrogen and oxygen atoms in total. The van der Waals surface area contributed by atoms with Gasteiger partial charge in [-0.1, -0.05) is 0 Å². The second-order valence-electron chi connectivity index (χ2n) is 3.66. The zero-order chi connectivity index (χ0) is 10.5. The van der Waals surface area contributed by atoms with Crippen LogP contribution in [0.25, 0.3) is 0 Å². The minimum Gasteiger partial charge on any atom is -0.396 e. The summed E-state index contributed by atoms with van der Waals surface area (Å²) in [5.74, 6) is 0. The monoisotopic (exact) mass is 192 g/mol. The summed E-state index contributed by atoms with van der Waals surface area (Å²) < 4.78 is 5.41. The van der Waals surface area contributed by atoms with E-state index in [0.29, 0.717) is 0 Å². The van der Waals surface area contributed by atoms with Crippen LogP contribution in [0.4, 0.5) is 0 Å². The van der Waals surface area contributed by atoms with Gasteiger partial charge in [0.2, 0.25) is 0 Å². The molecular weight excluding hydrogens is 172 g/mol. The van der Waals surface area contributed by atoms with Crippen molar-refractivity contribution in [3.8, 4) is 0 Å². The predicted octanol–water partition coefficient (Wildman–Crippen LogP) is -0.237. The molecule has 1 atom stereocenters. The highest BCUT2D eigenvalue weighted by atomic mass is 16.5. The molecule has 0 bridgehead atoms. The van der Waals surface area contributed by atoms with Crippen LogP contribution in [0.5, 0.6) is 0 Å². The number of hydrogen-bond donors (Lipinski definition) is 3. The first kappa shape index (κ1) is 12.8. The minimum absolute atomic E-state index is 0.0130. The zero-order valence-electron chi connectivity index (χ0n) is 8.53. The summed E-state index contributed by atoms with van der Waals surface area (Å²) in [5.41, 5.74) is -0.940. The molecule has 0 aliphatic heterocycles. The molecule has 0 spiro atoms. The van der Waals surface area contributed by atoms with Crippen molar-refractivity contribution in [3.05, 3.63) is 0 Å². The van der Waals surface area contributed by atoms with Gasteiger partial charge in [0, 0.05) is 0 Å². The first-order chi connectivity index (χ1) is 6.02. The lowest BCUT2D eigenvalue weighted by Crippen LogP contribution is -2.45. The topological polar surface area (TPSA) is 69.9 Å². The Morgan fingerprint density at radius 2 is 1.38 bits per heavy atom. The summed E-state index contributed by atoms with van der Waals surface area (Å²) >= 11 is 0. The maximum atomic E-state index is 9.06. The second-order valence-corrected chi connectivity index (χ2v) is 3.66. The number of hydrogen-bond acceptors (Lipinski definition) is 4. The lowest BCUT2D eigenvalue weighted by Gasteiger charge is -2.34. The third kappa shape index (κ3) is 3.23. The molecule has 0 aliphatic rings. The van der Waals surface area contributed by atoms with Crippen LogP contribution in [0.3, 0.4) is 0 Å². The van der Waals surface area contributed by atoms with E-state index < -0.39 is 5.41 Å². The first-order valence-corrected chi connectivity index (χ1v) is 4.50. The van der Waals surface area contributed by atoms with Gasteiger partial charge in [-0.3, -0.25) is 0 Å². The highest BCUT2D eigenvalue weighted by Crippen LogP contribution is 2.23. The van der Waals surface area contributed by atoms with E-state index in [9.17, 15) is 0 Å². The molecule has 4 heteroatoms. The highest BCUT2D eigenvalue weighted by molar-refractivity contribution is 4.83. The molecule has 13 heavy (non-hydrogen) atoms. The molecule has 0 rings (SSSR count). The smallest absolute Gasteiger partial charge is 0.0672 e. The van der Waals surface area contributed by atoms with Crippen LogP contribution >= 0.6 is 0 Å². The molecule has 0 aromatic rings. The van der Waals surface area contributed by atoms with Gasteiger partial charge in [-0.25, -0.2) is 0 Å². The summed E-state index contributed by atoms with van der Waals surface area (Å²) in [7, 11) is 0.